The minimum atomic E-state index is -0.271. The van der Waals surface area contributed by atoms with Crippen LogP contribution in [0.15, 0.2) is 30.3 Å². The fraction of sp³-hybridized carbons (Fsp3) is 0.368. The lowest BCUT2D eigenvalue weighted by atomic mass is 9.96. The monoisotopic (exact) mass is 350 g/mol. The summed E-state index contributed by atoms with van der Waals surface area (Å²) in [6.07, 6.45) is 5.60. The van der Waals surface area contributed by atoms with E-state index in [4.69, 9.17) is 5.26 Å². The average Bonchev–Trinajstić information content (AvgIpc) is 2.62. The van der Waals surface area contributed by atoms with Gasteiger partial charge in [-0.3, -0.25) is 5.32 Å². The topological polar surface area (TPSA) is 103 Å². The predicted molar refractivity (Wildman–Crippen MR) is 100 cm³/mol. The summed E-state index contributed by atoms with van der Waals surface area (Å²) in [5.74, 6) is 0.838. The molecule has 0 radical (unpaired) electrons. The number of nitriles is 1. The third-order valence-corrected chi connectivity index (χ3v) is 4.31. The zero-order valence-corrected chi connectivity index (χ0v) is 14.7. The zero-order chi connectivity index (χ0) is 18.4. The summed E-state index contributed by atoms with van der Waals surface area (Å²) in [6.45, 7) is 1.84. The molecule has 1 saturated carbocycles. The molecule has 1 aliphatic carbocycles. The second-order valence-corrected chi connectivity index (χ2v) is 6.47. The van der Waals surface area contributed by atoms with Crippen molar-refractivity contribution < 1.29 is 4.79 Å². The first kappa shape index (κ1) is 17.7. The first-order valence-electron chi connectivity index (χ1n) is 8.83. The van der Waals surface area contributed by atoms with Crippen LogP contribution in [-0.4, -0.2) is 22.0 Å². The van der Waals surface area contributed by atoms with Crippen LogP contribution in [0.1, 0.15) is 43.4 Å². The van der Waals surface area contributed by atoms with Crippen molar-refractivity contribution in [3.63, 3.8) is 0 Å². The Labute approximate surface area is 152 Å². The van der Waals surface area contributed by atoms with Crippen molar-refractivity contribution in [2.24, 2.45) is 0 Å². The molecular weight excluding hydrogens is 328 g/mol. The number of carbonyl (C=O) groups is 1. The second kappa shape index (κ2) is 8.30. The van der Waals surface area contributed by atoms with E-state index in [0.29, 0.717) is 11.4 Å². The van der Waals surface area contributed by atoms with E-state index in [1.165, 1.54) is 6.42 Å². The van der Waals surface area contributed by atoms with Gasteiger partial charge in [0, 0.05) is 23.5 Å². The fourth-order valence-corrected chi connectivity index (χ4v) is 3.03. The quantitative estimate of drug-likeness (QED) is 0.777. The number of aromatic nitrogens is 2. The van der Waals surface area contributed by atoms with Gasteiger partial charge in [-0.1, -0.05) is 19.3 Å². The van der Waals surface area contributed by atoms with Gasteiger partial charge in [-0.05, 0) is 44.0 Å². The highest BCUT2D eigenvalue weighted by atomic mass is 16.2. The molecule has 3 N–H and O–H groups in total. The van der Waals surface area contributed by atoms with Gasteiger partial charge in [0.15, 0.2) is 0 Å². The molecular formula is C19H22N6O. The Balaban J connectivity index is 1.64. The maximum atomic E-state index is 12.2. The van der Waals surface area contributed by atoms with Crippen LogP contribution in [0.4, 0.5) is 22.2 Å². The van der Waals surface area contributed by atoms with Crippen molar-refractivity contribution in [1.82, 2.24) is 15.3 Å². The minimum Gasteiger partial charge on any atom is -0.340 e. The maximum Gasteiger partial charge on any atom is 0.321 e. The highest BCUT2D eigenvalue weighted by Gasteiger charge is 2.16. The van der Waals surface area contributed by atoms with Gasteiger partial charge in [0.25, 0.3) is 0 Å². The van der Waals surface area contributed by atoms with E-state index in [1.807, 2.05) is 6.92 Å². The SMILES string of the molecule is Cc1cc(Nc2ccc(C#N)cc2)nc(NC(=O)NC2CCCCC2)n1. The number of nitrogens with zero attached hydrogens (tertiary/aromatic N) is 3. The maximum absolute atomic E-state index is 12.2. The van der Waals surface area contributed by atoms with E-state index in [9.17, 15) is 4.79 Å². The summed E-state index contributed by atoms with van der Waals surface area (Å²) < 4.78 is 0. The molecule has 134 valence electrons. The Kier molecular flexibility index (Phi) is 5.64. The number of aryl methyl sites for hydroxylation is 1. The minimum absolute atomic E-state index is 0.227. The number of rotatable bonds is 4. The van der Waals surface area contributed by atoms with E-state index in [1.54, 1.807) is 30.3 Å². The number of nitrogens with one attached hydrogen (secondary N) is 3. The van der Waals surface area contributed by atoms with Crippen molar-refractivity contribution >= 4 is 23.5 Å². The van der Waals surface area contributed by atoms with Crippen molar-refractivity contribution in [1.29, 1.82) is 5.26 Å². The Bertz CT molecular complexity index is 806. The summed E-state index contributed by atoms with van der Waals surface area (Å²) >= 11 is 0. The fourth-order valence-electron chi connectivity index (χ4n) is 3.03. The number of hydrogen-bond acceptors (Lipinski definition) is 5. The Morgan fingerprint density at radius 3 is 2.58 bits per heavy atom. The lowest BCUT2D eigenvalue weighted by Crippen LogP contribution is -2.39. The van der Waals surface area contributed by atoms with Gasteiger partial charge >= 0.3 is 6.03 Å². The molecule has 7 heteroatoms. The standard InChI is InChI=1S/C19H22N6O/c1-13-11-17(22-16-9-7-14(12-20)8-10-16)24-18(21-13)25-19(26)23-15-5-3-2-4-6-15/h7-11,15H,2-6H2,1H3,(H3,21,22,23,24,25,26). The lowest BCUT2D eigenvalue weighted by molar-refractivity contribution is 0.244. The molecule has 0 unspecified atom stereocenters. The normalized spacial score (nSPS) is 14.3. The van der Waals surface area contributed by atoms with Gasteiger partial charge in [-0.25, -0.2) is 9.78 Å². The van der Waals surface area contributed by atoms with Gasteiger partial charge in [0.1, 0.15) is 5.82 Å². The third-order valence-electron chi connectivity index (χ3n) is 4.31. The number of anilines is 3. The Hall–Kier alpha value is -3.14. The van der Waals surface area contributed by atoms with Gasteiger partial charge in [-0.2, -0.15) is 10.2 Å². The molecule has 1 aromatic heterocycles. The largest absolute Gasteiger partial charge is 0.340 e. The second-order valence-electron chi connectivity index (χ2n) is 6.47. The molecule has 2 aromatic rings. The van der Waals surface area contributed by atoms with Crippen LogP contribution in [0.25, 0.3) is 0 Å². The number of urea groups is 1. The number of amides is 2. The molecule has 2 amide bonds. The predicted octanol–water partition coefficient (Wildman–Crippen LogP) is 3.85. The number of benzene rings is 1. The molecule has 26 heavy (non-hydrogen) atoms. The van der Waals surface area contributed by atoms with Gasteiger partial charge in [-0.15, -0.1) is 0 Å². The van der Waals surface area contributed by atoms with Crippen LogP contribution in [-0.2, 0) is 0 Å². The highest BCUT2D eigenvalue weighted by Crippen LogP contribution is 2.19. The van der Waals surface area contributed by atoms with Gasteiger partial charge < -0.3 is 10.6 Å². The molecule has 1 aliphatic rings. The van der Waals surface area contributed by atoms with Crippen LogP contribution >= 0.6 is 0 Å². The smallest absolute Gasteiger partial charge is 0.321 e. The Morgan fingerprint density at radius 2 is 1.88 bits per heavy atom. The molecule has 3 rings (SSSR count). The van der Waals surface area contributed by atoms with Crippen LogP contribution in [0.2, 0.25) is 0 Å². The van der Waals surface area contributed by atoms with Gasteiger partial charge in [0.2, 0.25) is 5.95 Å². The van der Waals surface area contributed by atoms with E-state index in [0.717, 1.165) is 37.1 Å². The van der Waals surface area contributed by atoms with Crippen molar-refractivity contribution in [3.8, 4) is 6.07 Å². The van der Waals surface area contributed by atoms with E-state index >= 15 is 0 Å². The molecule has 0 saturated heterocycles. The van der Waals surface area contributed by atoms with Crippen LogP contribution in [0, 0.1) is 18.3 Å². The molecule has 0 spiro atoms. The van der Waals surface area contributed by atoms with Crippen LogP contribution in [0.5, 0.6) is 0 Å². The van der Waals surface area contributed by atoms with E-state index in [2.05, 4.69) is 32.0 Å². The summed E-state index contributed by atoms with van der Waals surface area (Å²) in [5, 5.41) is 17.7. The average molecular weight is 350 g/mol. The summed E-state index contributed by atoms with van der Waals surface area (Å²) in [5.41, 5.74) is 2.14. The highest BCUT2D eigenvalue weighted by molar-refractivity contribution is 5.87. The van der Waals surface area contributed by atoms with E-state index in [-0.39, 0.29) is 18.0 Å². The number of carbonyl (C=O) groups excluding carboxylic acids is 1. The summed E-state index contributed by atoms with van der Waals surface area (Å²) in [7, 11) is 0. The number of hydrogen-bond donors (Lipinski definition) is 3. The molecule has 0 atom stereocenters. The van der Waals surface area contributed by atoms with Crippen molar-refractivity contribution in [2.75, 3.05) is 10.6 Å². The lowest BCUT2D eigenvalue weighted by Gasteiger charge is -2.22. The third kappa shape index (κ3) is 4.93. The Morgan fingerprint density at radius 1 is 1.15 bits per heavy atom. The first-order valence-corrected chi connectivity index (χ1v) is 8.83. The molecule has 0 bridgehead atoms. The van der Waals surface area contributed by atoms with Crippen molar-refractivity contribution in [3.05, 3.63) is 41.6 Å². The van der Waals surface area contributed by atoms with Crippen molar-refractivity contribution in [2.45, 2.75) is 45.1 Å². The summed E-state index contributed by atoms with van der Waals surface area (Å²) in [4.78, 5) is 20.8. The molecule has 1 aromatic carbocycles. The molecule has 0 aliphatic heterocycles. The first-order chi connectivity index (χ1) is 12.6. The van der Waals surface area contributed by atoms with Gasteiger partial charge in [0.05, 0.1) is 11.6 Å². The molecule has 1 heterocycles. The van der Waals surface area contributed by atoms with Crippen LogP contribution < -0.4 is 16.0 Å². The summed E-state index contributed by atoms with van der Waals surface area (Å²) in [6, 6.07) is 10.9. The molecule has 7 nitrogen and oxygen atoms in total. The van der Waals surface area contributed by atoms with Crippen LogP contribution in [0.3, 0.4) is 0 Å². The molecule has 1 fully saturated rings. The zero-order valence-electron chi connectivity index (χ0n) is 14.7. The van der Waals surface area contributed by atoms with E-state index < -0.39 is 0 Å².